The number of halogens is 2. The molecule has 1 N–H and O–H groups in total. The monoisotopic (exact) mass is 490 g/mol. The molecule has 0 aliphatic carbocycles. The maximum atomic E-state index is 13.2. The van der Waals surface area contributed by atoms with Crippen molar-refractivity contribution in [3.63, 3.8) is 0 Å². The standard InChI is InChI=1S/C20H31FN4O.HI/c1-20(2,16-4-6-17(21)7-5-16)15-23-19(22-3)25-9-8-18(14-25)24-10-12-26-13-11-24;/h4-7,18H,8-15H2,1-3H3,(H,22,23);1H. The Morgan fingerprint density at radius 2 is 1.89 bits per heavy atom. The minimum atomic E-state index is -0.195. The molecular formula is C20H32FIN4O. The molecule has 2 aliphatic heterocycles. The third kappa shape index (κ3) is 5.77. The van der Waals surface area contributed by atoms with Gasteiger partial charge in [-0.15, -0.1) is 24.0 Å². The molecule has 0 spiro atoms. The van der Waals surface area contributed by atoms with E-state index in [4.69, 9.17) is 4.74 Å². The van der Waals surface area contributed by atoms with Crippen molar-refractivity contribution in [2.24, 2.45) is 4.99 Å². The maximum absolute atomic E-state index is 13.2. The maximum Gasteiger partial charge on any atom is 0.193 e. The number of aliphatic imine (C=N–C) groups is 1. The fourth-order valence-electron chi connectivity index (χ4n) is 3.81. The van der Waals surface area contributed by atoms with Gasteiger partial charge in [0.1, 0.15) is 5.82 Å². The molecule has 2 saturated heterocycles. The van der Waals surface area contributed by atoms with E-state index in [-0.39, 0.29) is 35.2 Å². The molecule has 152 valence electrons. The van der Waals surface area contributed by atoms with Crippen LogP contribution in [0.2, 0.25) is 0 Å². The third-order valence-corrected chi connectivity index (χ3v) is 5.55. The summed E-state index contributed by atoms with van der Waals surface area (Å²) in [7, 11) is 1.84. The molecule has 0 radical (unpaired) electrons. The summed E-state index contributed by atoms with van der Waals surface area (Å²) in [4.78, 5) is 9.38. The number of rotatable bonds is 4. The highest BCUT2D eigenvalue weighted by molar-refractivity contribution is 14.0. The number of nitrogens with zero attached hydrogens (tertiary/aromatic N) is 3. The molecule has 2 fully saturated rings. The van der Waals surface area contributed by atoms with Crippen LogP contribution in [-0.4, -0.2) is 74.8 Å². The van der Waals surface area contributed by atoms with Gasteiger partial charge in [0.25, 0.3) is 0 Å². The zero-order valence-corrected chi connectivity index (χ0v) is 18.9. The fraction of sp³-hybridized carbons (Fsp3) is 0.650. The smallest absolute Gasteiger partial charge is 0.193 e. The third-order valence-electron chi connectivity index (χ3n) is 5.55. The van der Waals surface area contributed by atoms with Gasteiger partial charge in [-0.05, 0) is 24.1 Å². The summed E-state index contributed by atoms with van der Waals surface area (Å²) < 4.78 is 18.7. The molecule has 0 bridgehead atoms. The average Bonchev–Trinajstić information content (AvgIpc) is 3.13. The predicted molar refractivity (Wildman–Crippen MR) is 119 cm³/mol. The normalized spacial score (nSPS) is 21.9. The van der Waals surface area contributed by atoms with Crippen LogP contribution in [0.15, 0.2) is 29.3 Å². The van der Waals surface area contributed by atoms with Crippen LogP contribution < -0.4 is 5.32 Å². The van der Waals surface area contributed by atoms with E-state index in [0.717, 1.165) is 57.5 Å². The van der Waals surface area contributed by atoms with Gasteiger partial charge in [0, 0.05) is 51.2 Å². The summed E-state index contributed by atoms with van der Waals surface area (Å²) in [5.74, 6) is 0.760. The van der Waals surface area contributed by atoms with Gasteiger partial charge in [0.2, 0.25) is 0 Å². The molecule has 1 unspecified atom stereocenters. The van der Waals surface area contributed by atoms with Crippen molar-refractivity contribution < 1.29 is 9.13 Å². The lowest BCUT2D eigenvalue weighted by atomic mass is 9.84. The van der Waals surface area contributed by atoms with Gasteiger partial charge in [0.15, 0.2) is 5.96 Å². The predicted octanol–water partition coefficient (Wildman–Crippen LogP) is 2.70. The highest BCUT2D eigenvalue weighted by Crippen LogP contribution is 2.23. The Kier molecular flexibility index (Phi) is 8.30. The quantitative estimate of drug-likeness (QED) is 0.401. The molecule has 0 amide bonds. The van der Waals surface area contributed by atoms with Crippen molar-refractivity contribution in [2.75, 3.05) is 53.0 Å². The van der Waals surface area contributed by atoms with E-state index in [9.17, 15) is 4.39 Å². The van der Waals surface area contributed by atoms with Crippen LogP contribution in [0.4, 0.5) is 4.39 Å². The van der Waals surface area contributed by atoms with Crippen molar-refractivity contribution in [2.45, 2.75) is 31.7 Å². The minimum absolute atomic E-state index is 0. The number of likely N-dealkylation sites (tertiary alicyclic amines) is 1. The van der Waals surface area contributed by atoms with Crippen molar-refractivity contribution in [3.8, 4) is 0 Å². The number of hydrogen-bond acceptors (Lipinski definition) is 3. The Morgan fingerprint density at radius 1 is 1.22 bits per heavy atom. The van der Waals surface area contributed by atoms with Gasteiger partial charge in [0.05, 0.1) is 13.2 Å². The Bertz CT molecular complexity index is 617. The largest absolute Gasteiger partial charge is 0.379 e. The van der Waals surface area contributed by atoms with E-state index in [1.165, 1.54) is 18.6 Å². The Balaban J connectivity index is 0.00000261. The molecule has 1 atom stereocenters. The minimum Gasteiger partial charge on any atom is -0.379 e. The van der Waals surface area contributed by atoms with E-state index < -0.39 is 0 Å². The van der Waals surface area contributed by atoms with E-state index in [1.807, 2.05) is 19.2 Å². The van der Waals surface area contributed by atoms with Gasteiger partial charge in [-0.1, -0.05) is 26.0 Å². The number of ether oxygens (including phenoxy) is 1. The Morgan fingerprint density at radius 3 is 2.52 bits per heavy atom. The molecule has 2 aliphatic rings. The molecule has 2 heterocycles. The molecule has 7 heteroatoms. The summed E-state index contributed by atoms with van der Waals surface area (Å²) in [6, 6.07) is 7.37. The second kappa shape index (κ2) is 10.0. The van der Waals surface area contributed by atoms with Gasteiger partial charge < -0.3 is 15.0 Å². The first-order chi connectivity index (χ1) is 12.5. The zero-order chi connectivity index (χ0) is 18.6. The number of morpholine rings is 1. The molecule has 1 aromatic rings. The topological polar surface area (TPSA) is 40.1 Å². The van der Waals surface area contributed by atoms with Crippen LogP contribution in [0, 0.1) is 5.82 Å². The van der Waals surface area contributed by atoms with Gasteiger partial charge in [-0.25, -0.2) is 4.39 Å². The van der Waals surface area contributed by atoms with Crippen LogP contribution in [0.1, 0.15) is 25.8 Å². The van der Waals surface area contributed by atoms with Gasteiger partial charge in [-0.3, -0.25) is 9.89 Å². The first kappa shape index (κ1) is 22.4. The van der Waals surface area contributed by atoms with E-state index in [2.05, 4.69) is 34.0 Å². The fourth-order valence-corrected chi connectivity index (χ4v) is 3.81. The highest BCUT2D eigenvalue weighted by Gasteiger charge is 2.31. The molecule has 27 heavy (non-hydrogen) atoms. The first-order valence-electron chi connectivity index (χ1n) is 9.53. The molecule has 3 rings (SSSR count). The molecular weight excluding hydrogens is 458 g/mol. The second-order valence-corrected chi connectivity index (χ2v) is 7.83. The van der Waals surface area contributed by atoms with Gasteiger partial charge >= 0.3 is 0 Å². The SMILES string of the molecule is CN=C(NCC(C)(C)c1ccc(F)cc1)N1CCC(N2CCOCC2)C1.I. The number of guanidine groups is 1. The summed E-state index contributed by atoms with van der Waals surface area (Å²) >= 11 is 0. The number of benzene rings is 1. The van der Waals surface area contributed by atoms with Crippen LogP contribution in [-0.2, 0) is 10.2 Å². The summed E-state index contributed by atoms with van der Waals surface area (Å²) in [6.07, 6.45) is 1.17. The number of hydrogen-bond donors (Lipinski definition) is 1. The lowest BCUT2D eigenvalue weighted by molar-refractivity contribution is 0.0195. The van der Waals surface area contributed by atoms with E-state index in [0.29, 0.717) is 6.04 Å². The lowest BCUT2D eigenvalue weighted by Crippen LogP contribution is -2.48. The van der Waals surface area contributed by atoms with Crippen LogP contribution in [0.3, 0.4) is 0 Å². The zero-order valence-electron chi connectivity index (χ0n) is 16.6. The Hall–Kier alpha value is -0.930. The van der Waals surface area contributed by atoms with Crippen LogP contribution >= 0.6 is 24.0 Å². The molecule has 5 nitrogen and oxygen atoms in total. The van der Waals surface area contributed by atoms with E-state index in [1.54, 1.807) is 0 Å². The number of nitrogens with one attached hydrogen (secondary N) is 1. The van der Waals surface area contributed by atoms with Gasteiger partial charge in [-0.2, -0.15) is 0 Å². The first-order valence-corrected chi connectivity index (χ1v) is 9.53. The highest BCUT2D eigenvalue weighted by atomic mass is 127. The lowest BCUT2D eigenvalue weighted by Gasteiger charge is -2.33. The summed E-state index contributed by atoms with van der Waals surface area (Å²) in [5, 5.41) is 3.53. The Labute approximate surface area is 179 Å². The molecule has 0 aromatic heterocycles. The summed E-state index contributed by atoms with van der Waals surface area (Å²) in [5.41, 5.74) is 1.02. The molecule has 0 saturated carbocycles. The van der Waals surface area contributed by atoms with Crippen molar-refractivity contribution in [1.82, 2.24) is 15.1 Å². The van der Waals surface area contributed by atoms with Crippen molar-refractivity contribution >= 4 is 29.9 Å². The molecule has 1 aromatic carbocycles. The summed E-state index contributed by atoms with van der Waals surface area (Å²) in [6.45, 7) is 10.9. The van der Waals surface area contributed by atoms with Crippen molar-refractivity contribution in [1.29, 1.82) is 0 Å². The average molecular weight is 490 g/mol. The second-order valence-electron chi connectivity index (χ2n) is 7.83. The van der Waals surface area contributed by atoms with E-state index >= 15 is 0 Å². The van der Waals surface area contributed by atoms with Crippen LogP contribution in [0.25, 0.3) is 0 Å². The van der Waals surface area contributed by atoms with Crippen molar-refractivity contribution in [3.05, 3.63) is 35.6 Å². The van der Waals surface area contributed by atoms with Crippen LogP contribution in [0.5, 0.6) is 0 Å².